The van der Waals surface area contributed by atoms with Crippen LogP contribution in [0.15, 0.2) is 22.7 Å². The molecule has 0 amide bonds. The fourth-order valence-corrected chi connectivity index (χ4v) is 1.71. The van der Waals surface area contributed by atoms with Crippen LogP contribution in [0.4, 0.5) is 0 Å². The molecule has 0 aliphatic carbocycles. The molecule has 3 heteroatoms. The average molecular weight is 300 g/mol. The van der Waals surface area contributed by atoms with Gasteiger partial charge in [0.1, 0.15) is 12.4 Å². The second kappa shape index (κ2) is 7.72. The van der Waals surface area contributed by atoms with E-state index in [9.17, 15) is 0 Å². The van der Waals surface area contributed by atoms with Crippen LogP contribution >= 0.6 is 15.9 Å². The van der Waals surface area contributed by atoms with Crippen LogP contribution in [0.25, 0.3) is 0 Å². The maximum Gasteiger partial charge on any atom is 0.119 e. The molecule has 0 aliphatic rings. The number of hydrogen-bond acceptors (Lipinski definition) is 2. The lowest BCUT2D eigenvalue weighted by atomic mass is 10.1. The van der Waals surface area contributed by atoms with E-state index in [1.807, 2.05) is 12.1 Å². The number of benzene rings is 1. The molecule has 0 heterocycles. The van der Waals surface area contributed by atoms with E-state index in [-0.39, 0.29) is 0 Å². The van der Waals surface area contributed by atoms with E-state index >= 15 is 0 Å². The van der Waals surface area contributed by atoms with E-state index in [1.54, 1.807) is 0 Å². The quantitative estimate of drug-likeness (QED) is 0.774. The summed E-state index contributed by atoms with van der Waals surface area (Å²) in [6.45, 7) is 9.24. The van der Waals surface area contributed by atoms with Crippen LogP contribution in [0.3, 0.4) is 0 Å². The number of rotatable bonds is 7. The van der Waals surface area contributed by atoms with Crippen molar-refractivity contribution in [1.82, 2.24) is 5.32 Å². The minimum absolute atomic E-state index is 0.721. The molecule has 0 unspecified atom stereocenters. The molecule has 0 saturated carbocycles. The minimum atomic E-state index is 0.721. The van der Waals surface area contributed by atoms with Crippen molar-refractivity contribution < 1.29 is 4.74 Å². The van der Waals surface area contributed by atoms with Crippen LogP contribution in [0.5, 0.6) is 5.75 Å². The first-order valence-electron chi connectivity index (χ1n) is 6.19. The first kappa shape index (κ1) is 14.5. The fraction of sp³-hybridized carbons (Fsp3) is 0.571. The van der Waals surface area contributed by atoms with Crippen molar-refractivity contribution in [3.63, 3.8) is 0 Å². The molecule has 1 rings (SSSR count). The van der Waals surface area contributed by atoms with Gasteiger partial charge in [-0.1, -0.05) is 29.8 Å². The van der Waals surface area contributed by atoms with E-state index in [4.69, 9.17) is 4.74 Å². The Bertz CT molecular complexity index is 339. The van der Waals surface area contributed by atoms with Crippen LogP contribution in [-0.2, 0) is 0 Å². The van der Waals surface area contributed by atoms with Gasteiger partial charge in [0.15, 0.2) is 0 Å². The van der Waals surface area contributed by atoms with Gasteiger partial charge in [0, 0.05) is 11.0 Å². The Morgan fingerprint density at radius 3 is 2.71 bits per heavy atom. The minimum Gasteiger partial charge on any atom is -0.492 e. The Hall–Kier alpha value is -0.540. The first-order chi connectivity index (χ1) is 8.09. The zero-order chi connectivity index (χ0) is 12.7. The summed E-state index contributed by atoms with van der Waals surface area (Å²) >= 11 is 3.48. The second-order valence-electron chi connectivity index (χ2n) is 4.69. The molecule has 1 aromatic carbocycles. The Labute approximate surface area is 113 Å². The van der Waals surface area contributed by atoms with E-state index in [0.717, 1.165) is 35.8 Å². The number of ether oxygens (including phenoxy) is 1. The summed E-state index contributed by atoms with van der Waals surface area (Å²) in [5.41, 5.74) is 1.20. The second-order valence-corrected chi connectivity index (χ2v) is 5.55. The molecule has 0 radical (unpaired) electrons. The highest BCUT2D eigenvalue weighted by Crippen LogP contribution is 2.21. The average Bonchev–Trinajstić information content (AvgIpc) is 2.27. The Kier molecular flexibility index (Phi) is 6.60. The van der Waals surface area contributed by atoms with Gasteiger partial charge < -0.3 is 10.1 Å². The third-order valence-electron chi connectivity index (χ3n) is 2.58. The third kappa shape index (κ3) is 6.08. The van der Waals surface area contributed by atoms with Crippen LogP contribution in [0.2, 0.25) is 0 Å². The lowest BCUT2D eigenvalue weighted by Gasteiger charge is -2.09. The molecule has 0 atom stereocenters. The standard InChI is InChI=1S/C14H22BrNO/c1-11(2)6-7-16-8-9-17-13-4-5-14(15)12(3)10-13/h4-5,10-11,16H,6-9H2,1-3H3. The van der Waals surface area contributed by atoms with E-state index in [1.165, 1.54) is 12.0 Å². The van der Waals surface area contributed by atoms with Crippen molar-refractivity contribution in [3.05, 3.63) is 28.2 Å². The van der Waals surface area contributed by atoms with Crippen LogP contribution in [0.1, 0.15) is 25.8 Å². The van der Waals surface area contributed by atoms with E-state index in [0.29, 0.717) is 0 Å². The number of hydrogen-bond donors (Lipinski definition) is 1. The summed E-state index contributed by atoms with van der Waals surface area (Å²) in [4.78, 5) is 0. The zero-order valence-corrected chi connectivity index (χ0v) is 12.5. The fourth-order valence-electron chi connectivity index (χ4n) is 1.46. The molecular weight excluding hydrogens is 278 g/mol. The molecule has 1 aromatic rings. The van der Waals surface area contributed by atoms with Crippen molar-refractivity contribution >= 4 is 15.9 Å². The van der Waals surface area contributed by atoms with E-state index in [2.05, 4.69) is 48.1 Å². The smallest absolute Gasteiger partial charge is 0.119 e. The lowest BCUT2D eigenvalue weighted by Crippen LogP contribution is -2.23. The summed E-state index contributed by atoms with van der Waals surface area (Å²) in [7, 11) is 0. The van der Waals surface area contributed by atoms with Gasteiger partial charge in [0.25, 0.3) is 0 Å². The molecule has 0 aromatic heterocycles. The third-order valence-corrected chi connectivity index (χ3v) is 3.47. The molecule has 96 valence electrons. The summed E-state index contributed by atoms with van der Waals surface area (Å²) in [6.07, 6.45) is 1.22. The summed E-state index contributed by atoms with van der Waals surface area (Å²) in [6, 6.07) is 6.07. The molecule has 1 N–H and O–H groups in total. The van der Waals surface area contributed by atoms with Gasteiger partial charge in [-0.2, -0.15) is 0 Å². The van der Waals surface area contributed by atoms with Gasteiger partial charge in [0.05, 0.1) is 0 Å². The molecule has 0 aliphatic heterocycles. The monoisotopic (exact) mass is 299 g/mol. The molecule has 2 nitrogen and oxygen atoms in total. The highest BCUT2D eigenvalue weighted by molar-refractivity contribution is 9.10. The van der Waals surface area contributed by atoms with Crippen LogP contribution in [0, 0.1) is 12.8 Å². The normalized spacial score (nSPS) is 10.9. The maximum absolute atomic E-state index is 5.67. The molecular formula is C14H22BrNO. The summed E-state index contributed by atoms with van der Waals surface area (Å²) in [5.74, 6) is 1.70. The zero-order valence-electron chi connectivity index (χ0n) is 10.9. The predicted molar refractivity (Wildman–Crippen MR) is 76.7 cm³/mol. The van der Waals surface area contributed by atoms with Gasteiger partial charge in [-0.25, -0.2) is 0 Å². The van der Waals surface area contributed by atoms with Gasteiger partial charge in [-0.15, -0.1) is 0 Å². The predicted octanol–water partition coefficient (Wildman–Crippen LogP) is 3.77. The Morgan fingerprint density at radius 1 is 1.29 bits per heavy atom. The van der Waals surface area contributed by atoms with Crippen molar-refractivity contribution in [2.75, 3.05) is 19.7 Å². The van der Waals surface area contributed by atoms with Gasteiger partial charge in [0.2, 0.25) is 0 Å². The van der Waals surface area contributed by atoms with Gasteiger partial charge in [-0.05, 0) is 49.6 Å². The highest BCUT2D eigenvalue weighted by atomic mass is 79.9. The molecule has 17 heavy (non-hydrogen) atoms. The van der Waals surface area contributed by atoms with Crippen molar-refractivity contribution in [3.8, 4) is 5.75 Å². The maximum atomic E-state index is 5.67. The van der Waals surface area contributed by atoms with Crippen molar-refractivity contribution in [2.24, 2.45) is 5.92 Å². The topological polar surface area (TPSA) is 21.3 Å². The van der Waals surface area contributed by atoms with Gasteiger partial charge >= 0.3 is 0 Å². The molecule has 0 saturated heterocycles. The summed E-state index contributed by atoms with van der Waals surface area (Å²) < 4.78 is 6.79. The SMILES string of the molecule is Cc1cc(OCCNCCC(C)C)ccc1Br. The van der Waals surface area contributed by atoms with Crippen LogP contribution < -0.4 is 10.1 Å². The largest absolute Gasteiger partial charge is 0.492 e. The number of nitrogens with one attached hydrogen (secondary N) is 1. The van der Waals surface area contributed by atoms with Crippen molar-refractivity contribution in [2.45, 2.75) is 27.2 Å². The first-order valence-corrected chi connectivity index (χ1v) is 6.98. The highest BCUT2D eigenvalue weighted by Gasteiger charge is 1.98. The number of aryl methyl sites for hydroxylation is 1. The molecule has 0 fully saturated rings. The van der Waals surface area contributed by atoms with E-state index < -0.39 is 0 Å². The number of halogens is 1. The van der Waals surface area contributed by atoms with Crippen LogP contribution in [-0.4, -0.2) is 19.7 Å². The van der Waals surface area contributed by atoms with Crippen molar-refractivity contribution in [1.29, 1.82) is 0 Å². The molecule has 0 spiro atoms. The summed E-state index contributed by atoms with van der Waals surface area (Å²) in [5, 5.41) is 3.38. The Morgan fingerprint density at radius 2 is 2.06 bits per heavy atom. The van der Waals surface area contributed by atoms with Gasteiger partial charge in [-0.3, -0.25) is 0 Å². The Balaban J connectivity index is 2.16. The lowest BCUT2D eigenvalue weighted by molar-refractivity contribution is 0.312. The molecule has 0 bridgehead atoms.